The maximum absolute atomic E-state index is 9.55. The third-order valence-electron chi connectivity index (χ3n) is 2.50. The molecule has 0 radical (unpaired) electrons. The molecule has 10 heavy (non-hydrogen) atoms. The molecular weight excluding hydrogens is 128 g/mol. The van der Waals surface area contributed by atoms with E-state index in [0.717, 1.165) is 31.6 Å². The van der Waals surface area contributed by atoms with Crippen LogP contribution in [0.15, 0.2) is 0 Å². The summed E-state index contributed by atoms with van der Waals surface area (Å²) in [5.41, 5.74) is -0.744. The fraction of sp³-hybridized carbons (Fsp3) is 1.00. The van der Waals surface area contributed by atoms with Gasteiger partial charge in [-0.05, 0) is 31.6 Å². The quantitative estimate of drug-likeness (QED) is 0.574. The summed E-state index contributed by atoms with van der Waals surface area (Å²) in [4.78, 5) is 0. The van der Waals surface area contributed by atoms with Crippen LogP contribution in [0.5, 0.6) is 0 Å². The molecule has 1 saturated carbocycles. The van der Waals surface area contributed by atoms with Gasteiger partial charge in [-0.2, -0.15) is 0 Å². The van der Waals surface area contributed by atoms with Crippen LogP contribution in [0.1, 0.15) is 32.6 Å². The van der Waals surface area contributed by atoms with Gasteiger partial charge in [-0.25, -0.2) is 0 Å². The third-order valence-corrected chi connectivity index (χ3v) is 2.50. The van der Waals surface area contributed by atoms with Gasteiger partial charge in [-0.3, -0.25) is 0 Å². The molecule has 0 amide bonds. The van der Waals surface area contributed by atoms with Crippen molar-refractivity contribution in [2.24, 2.45) is 5.92 Å². The Balaban J connectivity index is 2.38. The van der Waals surface area contributed by atoms with Gasteiger partial charge in [0.15, 0.2) is 0 Å². The number of aliphatic hydroxyl groups excluding tert-OH is 1. The molecule has 0 aliphatic heterocycles. The minimum absolute atomic E-state index is 0.0697. The van der Waals surface area contributed by atoms with Crippen LogP contribution in [-0.2, 0) is 0 Å². The fourth-order valence-electron chi connectivity index (χ4n) is 1.46. The Morgan fingerprint density at radius 3 is 2.30 bits per heavy atom. The zero-order valence-electron chi connectivity index (χ0n) is 6.51. The van der Waals surface area contributed by atoms with Gasteiger partial charge in [0.2, 0.25) is 0 Å². The first-order valence-electron chi connectivity index (χ1n) is 3.99. The Labute approximate surface area is 61.9 Å². The Bertz CT molecular complexity index is 104. The standard InChI is InChI=1S/C8H16O2/c1-7-2-4-8(10,6-9)5-3-7/h7,9-10H,2-6H2,1H3/t7-,8+. The van der Waals surface area contributed by atoms with E-state index < -0.39 is 5.60 Å². The van der Waals surface area contributed by atoms with Crippen LogP contribution in [0.3, 0.4) is 0 Å². The van der Waals surface area contributed by atoms with Crippen molar-refractivity contribution in [1.29, 1.82) is 0 Å². The monoisotopic (exact) mass is 144 g/mol. The van der Waals surface area contributed by atoms with Crippen LogP contribution in [0.25, 0.3) is 0 Å². The predicted molar refractivity (Wildman–Crippen MR) is 39.7 cm³/mol. The fourth-order valence-corrected chi connectivity index (χ4v) is 1.46. The summed E-state index contributed by atoms with van der Waals surface area (Å²) in [6, 6.07) is 0. The van der Waals surface area contributed by atoms with Crippen LogP contribution >= 0.6 is 0 Å². The average Bonchev–Trinajstić information content (AvgIpc) is 1.96. The summed E-state index contributed by atoms with van der Waals surface area (Å²) in [6.45, 7) is 2.12. The van der Waals surface area contributed by atoms with Crippen molar-refractivity contribution in [2.75, 3.05) is 6.61 Å². The van der Waals surface area contributed by atoms with E-state index in [4.69, 9.17) is 5.11 Å². The van der Waals surface area contributed by atoms with Gasteiger partial charge in [0, 0.05) is 0 Å². The average molecular weight is 144 g/mol. The summed E-state index contributed by atoms with van der Waals surface area (Å²) >= 11 is 0. The van der Waals surface area contributed by atoms with Crippen molar-refractivity contribution < 1.29 is 10.2 Å². The molecule has 2 heteroatoms. The lowest BCUT2D eigenvalue weighted by Gasteiger charge is -2.32. The van der Waals surface area contributed by atoms with Crippen molar-refractivity contribution in [2.45, 2.75) is 38.2 Å². The molecule has 0 aromatic heterocycles. The molecule has 1 rings (SSSR count). The number of rotatable bonds is 1. The van der Waals surface area contributed by atoms with E-state index in [1.807, 2.05) is 0 Å². The number of hydrogen-bond acceptors (Lipinski definition) is 2. The molecular formula is C8H16O2. The summed E-state index contributed by atoms with van der Waals surface area (Å²) < 4.78 is 0. The van der Waals surface area contributed by atoms with E-state index in [-0.39, 0.29) is 6.61 Å². The van der Waals surface area contributed by atoms with E-state index in [2.05, 4.69) is 6.92 Å². The lowest BCUT2D eigenvalue weighted by atomic mass is 9.80. The second-order valence-electron chi connectivity index (χ2n) is 3.56. The maximum atomic E-state index is 9.55. The summed E-state index contributed by atoms with van der Waals surface area (Å²) in [7, 11) is 0. The SMILES string of the molecule is C[C@H]1CC[C@](O)(CO)CC1. The van der Waals surface area contributed by atoms with Crippen molar-refractivity contribution in [1.82, 2.24) is 0 Å². The van der Waals surface area contributed by atoms with E-state index in [1.165, 1.54) is 0 Å². The van der Waals surface area contributed by atoms with Gasteiger partial charge in [0.25, 0.3) is 0 Å². The minimum Gasteiger partial charge on any atom is -0.393 e. The molecule has 1 aliphatic carbocycles. The molecule has 0 aromatic rings. The van der Waals surface area contributed by atoms with Crippen LogP contribution in [0.4, 0.5) is 0 Å². The first-order valence-corrected chi connectivity index (χ1v) is 3.99. The Morgan fingerprint density at radius 1 is 1.40 bits per heavy atom. The van der Waals surface area contributed by atoms with E-state index in [0.29, 0.717) is 0 Å². The van der Waals surface area contributed by atoms with Crippen LogP contribution in [0.2, 0.25) is 0 Å². The molecule has 1 fully saturated rings. The molecule has 0 bridgehead atoms. The largest absolute Gasteiger partial charge is 0.393 e. The second-order valence-corrected chi connectivity index (χ2v) is 3.56. The molecule has 0 heterocycles. The van der Waals surface area contributed by atoms with E-state index >= 15 is 0 Å². The lowest BCUT2D eigenvalue weighted by molar-refractivity contribution is -0.0501. The van der Waals surface area contributed by atoms with Gasteiger partial charge in [0.1, 0.15) is 0 Å². The highest BCUT2D eigenvalue weighted by Gasteiger charge is 2.30. The zero-order chi connectivity index (χ0) is 7.61. The number of aliphatic hydroxyl groups is 2. The highest BCUT2D eigenvalue weighted by Crippen LogP contribution is 2.30. The topological polar surface area (TPSA) is 40.5 Å². The van der Waals surface area contributed by atoms with Gasteiger partial charge < -0.3 is 10.2 Å². The smallest absolute Gasteiger partial charge is 0.0877 e. The third kappa shape index (κ3) is 1.70. The predicted octanol–water partition coefficient (Wildman–Crippen LogP) is 0.920. The van der Waals surface area contributed by atoms with Crippen LogP contribution in [0, 0.1) is 5.92 Å². The molecule has 2 nitrogen and oxygen atoms in total. The number of hydrogen-bond donors (Lipinski definition) is 2. The van der Waals surface area contributed by atoms with Crippen molar-refractivity contribution >= 4 is 0 Å². The molecule has 0 saturated heterocycles. The molecule has 0 spiro atoms. The molecule has 2 N–H and O–H groups in total. The first kappa shape index (κ1) is 8.02. The molecule has 0 aromatic carbocycles. The van der Waals surface area contributed by atoms with Gasteiger partial charge in [-0.1, -0.05) is 6.92 Å². The highest BCUT2D eigenvalue weighted by atomic mass is 16.3. The summed E-state index contributed by atoms with van der Waals surface area (Å²) in [5, 5.41) is 18.3. The van der Waals surface area contributed by atoms with Crippen molar-refractivity contribution in [3.05, 3.63) is 0 Å². The summed E-state index contributed by atoms with van der Waals surface area (Å²) in [6.07, 6.45) is 3.64. The highest BCUT2D eigenvalue weighted by molar-refractivity contribution is 4.83. The lowest BCUT2D eigenvalue weighted by Crippen LogP contribution is -2.37. The molecule has 60 valence electrons. The van der Waals surface area contributed by atoms with Crippen molar-refractivity contribution in [3.63, 3.8) is 0 Å². The Morgan fingerprint density at radius 2 is 1.90 bits per heavy atom. The van der Waals surface area contributed by atoms with Gasteiger partial charge in [-0.15, -0.1) is 0 Å². The minimum atomic E-state index is -0.744. The summed E-state index contributed by atoms with van der Waals surface area (Å²) in [5.74, 6) is 0.729. The molecule has 1 aliphatic rings. The van der Waals surface area contributed by atoms with Gasteiger partial charge >= 0.3 is 0 Å². The van der Waals surface area contributed by atoms with Gasteiger partial charge in [0.05, 0.1) is 12.2 Å². The Hall–Kier alpha value is -0.0800. The van der Waals surface area contributed by atoms with Crippen LogP contribution < -0.4 is 0 Å². The van der Waals surface area contributed by atoms with E-state index in [9.17, 15) is 5.11 Å². The van der Waals surface area contributed by atoms with E-state index in [1.54, 1.807) is 0 Å². The zero-order valence-corrected chi connectivity index (χ0v) is 6.51. The Kier molecular flexibility index (Phi) is 2.32. The first-order chi connectivity index (χ1) is 4.66. The second kappa shape index (κ2) is 2.89. The maximum Gasteiger partial charge on any atom is 0.0877 e. The normalized spacial score (nSPS) is 41.7. The van der Waals surface area contributed by atoms with Crippen molar-refractivity contribution in [3.8, 4) is 0 Å². The molecule has 0 unspecified atom stereocenters. The van der Waals surface area contributed by atoms with Crippen LogP contribution in [-0.4, -0.2) is 22.4 Å². The molecule has 0 atom stereocenters.